The summed E-state index contributed by atoms with van der Waals surface area (Å²) >= 11 is 5.97. The molecule has 0 spiro atoms. The third kappa shape index (κ3) is 2.77. The molecule has 0 aliphatic carbocycles. The van der Waals surface area contributed by atoms with Gasteiger partial charge in [-0.1, -0.05) is 17.7 Å². The van der Waals surface area contributed by atoms with Gasteiger partial charge in [-0.3, -0.25) is 4.90 Å². The lowest BCUT2D eigenvalue weighted by molar-refractivity contribution is 0.286. The van der Waals surface area contributed by atoms with Crippen molar-refractivity contribution >= 4 is 11.6 Å². The molecular weight excluding hydrogens is 239 g/mol. The number of nitrogens with zero attached hydrogens (tertiary/aromatic N) is 2. The number of hydrogen-bond donors (Lipinski definition) is 0. The maximum atomic E-state index is 13.6. The van der Waals surface area contributed by atoms with Gasteiger partial charge in [0.15, 0.2) is 0 Å². The standard InChI is InChI=1S/C13H14ClFN2/c14-12-4-3-5-13(15)11(12)8-10(9-16)17-6-1-2-7-17/h3-5,10H,1-2,6-8H2. The molecule has 0 N–H and O–H groups in total. The van der Waals surface area contributed by atoms with Crippen molar-refractivity contribution in [3.8, 4) is 6.07 Å². The Morgan fingerprint density at radius 3 is 2.71 bits per heavy atom. The Kier molecular flexibility index (Phi) is 3.98. The van der Waals surface area contributed by atoms with Crippen LogP contribution in [0.25, 0.3) is 0 Å². The van der Waals surface area contributed by atoms with Crippen LogP contribution in [0.4, 0.5) is 4.39 Å². The average Bonchev–Trinajstić information content (AvgIpc) is 2.82. The quantitative estimate of drug-likeness (QED) is 0.827. The van der Waals surface area contributed by atoms with E-state index >= 15 is 0 Å². The first-order valence-electron chi connectivity index (χ1n) is 5.79. The van der Waals surface area contributed by atoms with Crippen LogP contribution in [-0.4, -0.2) is 24.0 Å². The van der Waals surface area contributed by atoms with Crippen molar-refractivity contribution in [1.82, 2.24) is 4.90 Å². The zero-order valence-electron chi connectivity index (χ0n) is 9.50. The highest BCUT2D eigenvalue weighted by Gasteiger charge is 2.23. The summed E-state index contributed by atoms with van der Waals surface area (Å²) in [6, 6.07) is 6.61. The Hall–Kier alpha value is -1.11. The molecule has 0 aromatic heterocycles. The molecule has 90 valence electrons. The second kappa shape index (κ2) is 5.48. The van der Waals surface area contributed by atoms with E-state index in [2.05, 4.69) is 11.0 Å². The van der Waals surface area contributed by atoms with E-state index in [-0.39, 0.29) is 11.9 Å². The highest BCUT2D eigenvalue weighted by atomic mass is 35.5. The largest absolute Gasteiger partial charge is 0.288 e. The van der Waals surface area contributed by atoms with Gasteiger partial charge < -0.3 is 0 Å². The Labute approximate surface area is 106 Å². The summed E-state index contributed by atoms with van der Waals surface area (Å²) in [4.78, 5) is 2.10. The van der Waals surface area contributed by atoms with E-state index in [1.165, 1.54) is 6.07 Å². The lowest BCUT2D eigenvalue weighted by atomic mass is 10.1. The molecule has 1 aromatic carbocycles. The minimum Gasteiger partial charge on any atom is -0.288 e. The van der Waals surface area contributed by atoms with Gasteiger partial charge in [-0.25, -0.2) is 4.39 Å². The Morgan fingerprint density at radius 1 is 1.41 bits per heavy atom. The maximum absolute atomic E-state index is 13.6. The zero-order chi connectivity index (χ0) is 12.3. The van der Waals surface area contributed by atoms with Gasteiger partial charge in [-0.15, -0.1) is 0 Å². The van der Waals surface area contributed by atoms with Gasteiger partial charge in [0.1, 0.15) is 11.9 Å². The molecule has 1 aromatic rings. The topological polar surface area (TPSA) is 27.0 Å². The van der Waals surface area contributed by atoms with Crippen molar-refractivity contribution in [2.45, 2.75) is 25.3 Å². The van der Waals surface area contributed by atoms with Gasteiger partial charge in [0.05, 0.1) is 6.07 Å². The minimum atomic E-state index is -0.322. The summed E-state index contributed by atoms with van der Waals surface area (Å²) in [7, 11) is 0. The first kappa shape index (κ1) is 12.3. The molecule has 2 rings (SSSR count). The summed E-state index contributed by atoms with van der Waals surface area (Å²) < 4.78 is 13.6. The van der Waals surface area contributed by atoms with E-state index in [0.29, 0.717) is 17.0 Å². The van der Waals surface area contributed by atoms with E-state index in [1.807, 2.05) is 0 Å². The molecule has 1 aliphatic rings. The predicted molar refractivity (Wildman–Crippen MR) is 65.3 cm³/mol. The summed E-state index contributed by atoms with van der Waals surface area (Å²) in [5, 5.41) is 9.58. The van der Waals surface area contributed by atoms with Crippen molar-refractivity contribution in [3.63, 3.8) is 0 Å². The number of halogens is 2. The van der Waals surface area contributed by atoms with E-state index in [4.69, 9.17) is 11.6 Å². The maximum Gasteiger partial charge on any atom is 0.127 e. The monoisotopic (exact) mass is 252 g/mol. The van der Waals surface area contributed by atoms with Crippen LogP contribution in [0.15, 0.2) is 18.2 Å². The summed E-state index contributed by atoms with van der Waals surface area (Å²) in [5.74, 6) is -0.322. The Morgan fingerprint density at radius 2 is 2.12 bits per heavy atom. The number of hydrogen-bond acceptors (Lipinski definition) is 2. The summed E-state index contributed by atoms with van der Waals surface area (Å²) in [5.41, 5.74) is 0.451. The third-order valence-corrected chi connectivity index (χ3v) is 3.54. The summed E-state index contributed by atoms with van der Waals surface area (Å²) in [6.07, 6.45) is 2.59. The highest BCUT2D eigenvalue weighted by Crippen LogP contribution is 2.23. The number of nitriles is 1. The molecule has 0 amide bonds. The van der Waals surface area contributed by atoms with Crippen molar-refractivity contribution in [3.05, 3.63) is 34.6 Å². The average molecular weight is 253 g/mol. The van der Waals surface area contributed by atoms with E-state index in [9.17, 15) is 9.65 Å². The highest BCUT2D eigenvalue weighted by molar-refractivity contribution is 6.31. The van der Waals surface area contributed by atoms with Crippen LogP contribution in [0.5, 0.6) is 0 Å². The van der Waals surface area contributed by atoms with E-state index in [0.717, 1.165) is 25.9 Å². The SMILES string of the molecule is N#CC(Cc1c(F)cccc1Cl)N1CCCC1. The van der Waals surface area contributed by atoms with Crippen LogP contribution in [0.3, 0.4) is 0 Å². The van der Waals surface area contributed by atoms with Crippen LogP contribution >= 0.6 is 11.6 Å². The molecular formula is C13H14ClFN2. The zero-order valence-corrected chi connectivity index (χ0v) is 10.3. The Balaban J connectivity index is 2.16. The lowest BCUT2D eigenvalue weighted by Gasteiger charge is -2.21. The molecule has 1 unspecified atom stereocenters. The van der Waals surface area contributed by atoms with E-state index < -0.39 is 0 Å². The molecule has 1 aliphatic heterocycles. The smallest absolute Gasteiger partial charge is 0.127 e. The third-order valence-electron chi connectivity index (χ3n) is 3.19. The number of likely N-dealkylation sites (tertiary alicyclic amines) is 1. The van der Waals surface area contributed by atoms with Crippen molar-refractivity contribution in [2.75, 3.05) is 13.1 Å². The first-order valence-corrected chi connectivity index (χ1v) is 6.16. The molecule has 1 fully saturated rings. The molecule has 0 radical (unpaired) electrons. The fourth-order valence-corrected chi connectivity index (χ4v) is 2.47. The van der Waals surface area contributed by atoms with Gasteiger partial charge >= 0.3 is 0 Å². The van der Waals surface area contributed by atoms with Crippen LogP contribution in [0.1, 0.15) is 18.4 Å². The molecule has 17 heavy (non-hydrogen) atoms. The molecule has 1 saturated heterocycles. The Bertz CT molecular complexity index is 415. The normalized spacial score (nSPS) is 17.9. The molecule has 1 heterocycles. The van der Waals surface area contributed by atoms with Crippen molar-refractivity contribution in [2.24, 2.45) is 0 Å². The molecule has 1 atom stereocenters. The van der Waals surface area contributed by atoms with Crippen LogP contribution in [-0.2, 0) is 6.42 Å². The first-order chi connectivity index (χ1) is 8.22. The number of benzene rings is 1. The molecule has 0 saturated carbocycles. The van der Waals surface area contributed by atoms with Crippen LogP contribution in [0.2, 0.25) is 5.02 Å². The van der Waals surface area contributed by atoms with Gasteiger partial charge in [-0.05, 0) is 38.1 Å². The predicted octanol–water partition coefficient (Wildman–Crippen LogP) is 3.01. The molecule has 2 nitrogen and oxygen atoms in total. The fraction of sp³-hybridized carbons (Fsp3) is 0.462. The minimum absolute atomic E-state index is 0.271. The fourth-order valence-electron chi connectivity index (χ4n) is 2.23. The molecule has 0 bridgehead atoms. The van der Waals surface area contributed by atoms with E-state index in [1.54, 1.807) is 12.1 Å². The van der Waals surface area contributed by atoms with Crippen molar-refractivity contribution in [1.29, 1.82) is 5.26 Å². The van der Waals surface area contributed by atoms with Crippen LogP contribution in [0, 0.1) is 17.1 Å². The lowest BCUT2D eigenvalue weighted by Crippen LogP contribution is -2.33. The second-order valence-corrected chi connectivity index (χ2v) is 4.70. The summed E-state index contributed by atoms with van der Waals surface area (Å²) in [6.45, 7) is 1.84. The van der Waals surface area contributed by atoms with Gasteiger partial charge in [-0.2, -0.15) is 5.26 Å². The van der Waals surface area contributed by atoms with Gasteiger partial charge in [0, 0.05) is 17.0 Å². The van der Waals surface area contributed by atoms with Crippen LogP contribution < -0.4 is 0 Å². The molecule has 4 heteroatoms. The van der Waals surface area contributed by atoms with Gasteiger partial charge in [0.25, 0.3) is 0 Å². The second-order valence-electron chi connectivity index (χ2n) is 4.29. The number of rotatable bonds is 3. The van der Waals surface area contributed by atoms with Crippen molar-refractivity contribution < 1.29 is 4.39 Å². The van der Waals surface area contributed by atoms with Gasteiger partial charge in [0.2, 0.25) is 0 Å².